The number of hydrogen-bond acceptors (Lipinski definition) is 5. The van der Waals surface area contributed by atoms with E-state index in [4.69, 9.17) is 9.47 Å². The molecule has 0 bridgehead atoms. The minimum Gasteiger partial charge on any atom is -0.497 e. The Morgan fingerprint density at radius 2 is 1.48 bits per heavy atom. The van der Waals surface area contributed by atoms with Gasteiger partial charge in [-0.3, -0.25) is 14.4 Å². The molecule has 164 valence electrons. The Labute approximate surface area is 181 Å². The van der Waals surface area contributed by atoms with Gasteiger partial charge in [0.15, 0.2) is 6.54 Å². The first kappa shape index (κ1) is 22.3. The predicted molar refractivity (Wildman–Crippen MR) is 116 cm³/mol. The number of rotatable bonds is 7. The van der Waals surface area contributed by atoms with Crippen LogP contribution >= 0.6 is 0 Å². The Morgan fingerprint density at radius 1 is 0.903 bits per heavy atom. The summed E-state index contributed by atoms with van der Waals surface area (Å²) in [5.74, 6) is 0.156. The fraction of sp³-hybridized carbons (Fsp3) is 0.348. The molecule has 1 aliphatic rings. The third kappa shape index (κ3) is 6.29. The van der Waals surface area contributed by atoms with Crippen LogP contribution in [-0.2, 0) is 14.3 Å². The Hall–Kier alpha value is -3.39. The zero-order valence-electron chi connectivity index (χ0n) is 17.8. The van der Waals surface area contributed by atoms with Crippen molar-refractivity contribution in [3.8, 4) is 5.75 Å². The van der Waals surface area contributed by atoms with Crippen LogP contribution in [0.5, 0.6) is 5.75 Å². The number of carbonyl (C=O) groups excluding carboxylic acids is 3. The molecule has 0 saturated carbocycles. The normalized spacial score (nSPS) is 18.0. The number of nitrogens with one attached hydrogen (secondary N) is 3. The van der Waals surface area contributed by atoms with Gasteiger partial charge in [0.2, 0.25) is 0 Å². The van der Waals surface area contributed by atoms with Gasteiger partial charge in [-0.2, -0.15) is 0 Å². The van der Waals surface area contributed by atoms with E-state index in [-0.39, 0.29) is 23.7 Å². The maximum absolute atomic E-state index is 12.4. The molecule has 0 aromatic heterocycles. The highest BCUT2D eigenvalue weighted by molar-refractivity contribution is 6.04. The van der Waals surface area contributed by atoms with E-state index in [9.17, 15) is 14.4 Å². The van der Waals surface area contributed by atoms with Gasteiger partial charge in [-0.15, -0.1) is 0 Å². The van der Waals surface area contributed by atoms with Gasteiger partial charge in [-0.1, -0.05) is 0 Å². The molecule has 8 heteroatoms. The number of anilines is 2. The lowest BCUT2D eigenvalue weighted by molar-refractivity contribution is -0.897. The first-order chi connectivity index (χ1) is 15.0. The summed E-state index contributed by atoms with van der Waals surface area (Å²) >= 11 is 0. The van der Waals surface area contributed by atoms with E-state index in [0.29, 0.717) is 29.2 Å². The van der Waals surface area contributed by atoms with Crippen molar-refractivity contribution in [2.24, 2.45) is 5.92 Å². The van der Waals surface area contributed by atoms with Crippen molar-refractivity contribution in [3.63, 3.8) is 0 Å². The molecule has 3 rings (SSSR count). The standard InChI is InChI=1S/C23H27N3O5/c1-30-20-9-7-19(8-10-20)25-22(28)16-3-5-18(6-4-16)24-21(27)15-26-13-11-17(12-14-26)23(29)31-2/h3-10,17H,11-15H2,1-2H3,(H,24,27)(H,25,28)/p+1. The molecule has 1 saturated heterocycles. The van der Waals surface area contributed by atoms with Crippen molar-refractivity contribution < 1.29 is 28.8 Å². The van der Waals surface area contributed by atoms with Crippen molar-refractivity contribution in [1.82, 2.24) is 0 Å². The smallest absolute Gasteiger partial charge is 0.309 e. The molecular weight excluding hydrogens is 398 g/mol. The second-order valence-corrected chi connectivity index (χ2v) is 7.53. The van der Waals surface area contributed by atoms with E-state index in [0.717, 1.165) is 30.8 Å². The molecule has 3 N–H and O–H groups in total. The average Bonchev–Trinajstić information content (AvgIpc) is 2.80. The number of amides is 2. The number of esters is 1. The van der Waals surface area contributed by atoms with Gasteiger partial charge in [-0.25, -0.2) is 0 Å². The maximum atomic E-state index is 12.4. The predicted octanol–water partition coefficient (Wildman–Crippen LogP) is 1.35. The molecule has 1 heterocycles. The monoisotopic (exact) mass is 426 g/mol. The van der Waals surface area contributed by atoms with Crippen molar-refractivity contribution in [3.05, 3.63) is 54.1 Å². The fourth-order valence-corrected chi connectivity index (χ4v) is 3.62. The van der Waals surface area contributed by atoms with Crippen LogP contribution in [0.15, 0.2) is 48.5 Å². The summed E-state index contributed by atoms with van der Waals surface area (Å²) in [7, 11) is 2.99. The van der Waals surface area contributed by atoms with Gasteiger partial charge in [0.25, 0.3) is 11.8 Å². The first-order valence-electron chi connectivity index (χ1n) is 10.2. The summed E-state index contributed by atoms with van der Waals surface area (Å²) in [6, 6.07) is 13.8. The van der Waals surface area contributed by atoms with Crippen molar-refractivity contribution in [1.29, 1.82) is 0 Å². The van der Waals surface area contributed by atoms with E-state index in [1.54, 1.807) is 55.6 Å². The summed E-state index contributed by atoms with van der Waals surface area (Å²) < 4.78 is 9.90. The van der Waals surface area contributed by atoms with Gasteiger partial charge in [0.05, 0.1) is 33.2 Å². The molecule has 2 aromatic carbocycles. The molecule has 0 unspecified atom stereocenters. The van der Waals surface area contributed by atoms with Gasteiger partial charge < -0.3 is 25.0 Å². The van der Waals surface area contributed by atoms with Crippen LogP contribution in [0, 0.1) is 5.92 Å². The average molecular weight is 426 g/mol. The molecule has 31 heavy (non-hydrogen) atoms. The van der Waals surface area contributed by atoms with Crippen LogP contribution in [-0.4, -0.2) is 51.6 Å². The Morgan fingerprint density at radius 3 is 2.06 bits per heavy atom. The molecule has 2 amide bonds. The fourth-order valence-electron chi connectivity index (χ4n) is 3.62. The quantitative estimate of drug-likeness (QED) is 0.581. The van der Waals surface area contributed by atoms with E-state index in [1.165, 1.54) is 7.11 Å². The number of piperidine rings is 1. The number of carbonyl (C=O) groups is 3. The number of benzene rings is 2. The van der Waals surface area contributed by atoms with Gasteiger partial charge in [0, 0.05) is 29.8 Å². The highest BCUT2D eigenvalue weighted by Gasteiger charge is 2.29. The lowest BCUT2D eigenvalue weighted by Crippen LogP contribution is -3.14. The van der Waals surface area contributed by atoms with Gasteiger partial charge in [-0.05, 0) is 48.5 Å². The van der Waals surface area contributed by atoms with Gasteiger partial charge >= 0.3 is 5.97 Å². The third-order valence-corrected chi connectivity index (χ3v) is 5.42. The molecule has 0 spiro atoms. The van der Waals surface area contributed by atoms with Crippen molar-refractivity contribution in [2.45, 2.75) is 12.8 Å². The Bertz CT molecular complexity index is 904. The maximum Gasteiger partial charge on any atom is 0.309 e. The molecule has 2 aromatic rings. The highest BCUT2D eigenvalue weighted by atomic mass is 16.5. The minimum absolute atomic E-state index is 0.0617. The van der Waals surface area contributed by atoms with E-state index >= 15 is 0 Å². The summed E-state index contributed by atoms with van der Waals surface area (Å²) in [6.45, 7) is 1.86. The Balaban J connectivity index is 1.47. The Kier molecular flexibility index (Phi) is 7.61. The molecule has 1 aliphatic heterocycles. The SMILES string of the molecule is COC(=O)C1CC[NH+](CC(=O)Nc2ccc(C(=O)Nc3ccc(OC)cc3)cc2)CC1. The van der Waals surface area contributed by atoms with Crippen molar-refractivity contribution >= 4 is 29.2 Å². The van der Waals surface area contributed by atoms with Crippen molar-refractivity contribution in [2.75, 3.05) is 44.5 Å². The lowest BCUT2D eigenvalue weighted by Gasteiger charge is -2.27. The summed E-state index contributed by atoms with van der Waals surface area (Å²) in [5, 5.41) is 5.69. The topological polar surface area (TPSA) is 98.2 Å². The van der Waals surface area contributed by atoms with Crippen LogP contribution < -0.4 is 20.3 Å². The van der Waals surface area contributed by atoms with E-state index in [2.05, 4.69) is 10.6 Å². The largest absolute Gasteiger partial charge is 0.497 e. The zero-order chi connectivity index (χ0) is 22.2. The second-order valence-electron chi connectivity index (χ2n) is 7.53. The molecule has 0 aliphatic carbocycles. The number of quaternary nitrogens is 1. The molecule has 8 nitrogen and oxygen atoms in total. The highest BCUT2D eigenvalue weighted by Crippen LogP contribution is 2.17. The first-order valence-corrected chi connectivity index (χ1v) is 10.2. The number of ether oxygens (including phenoxy) is 2. The molecule has 0 radical (unpaired) electrons. The summed E-state index contributed by atoms with van der Waals surface area (Å²) in [5.41, 5.74) is 1.79. The summed E-state index contributed by atoms with van der Waals surface area (Å²) in [4.78, 5) is 37.5. The van der Waals surface area contributed by atoms with Crippen LogP contribution in [0.3, 0.4) is 0 Å². The van der Waals surface area contributed by atoms with Crippen LogP contribution in [0.25, 0.3) is 0 Å². The number of hydrogen-bond donors (Lipinski definition) is 3. The molecule has 1 fully saturated rings. The molecule has 0 atom stereocenters. The number of methoxy groups -OCH3 is 2. The molecular formula is C23H28N3O5+. The van der Waals surface area contributed by atoms with Crippen LogP contribution in [0.2, 0.25) is 0 Å². The van der Waals surface area contributed by atoms with Crippen LogP contribution in [0.4, 0.5) is 11.4 Å². The third-order valence-electron chi connectivity index (χ3n) is 5.42. The van der Waals surface area contributed by atoms with E-state index in [1.807, 2.05) is 0 Å². The van der Waals surface area contributed by atoms with Crippen LogP contribution in [0.1, 0.15) is 23.2 Å². The number of likely N-dealkylation sites (tertiary alicyclic amines) is 1. The minimum atomic E-state index is -0.235. The van der Waals surface area contributed by atoms with E-state index < -0.39 is 0 Å². The summed E-state index contributed by atoms with van der Waals surface area (Å²) in [6.07, 6.45) is 1.46. The second kappa shape index (κ2) is 10.6. The van der Waals surface area contributed by atoms with Gasteiger partial charge in [0.1, 0.15) is 5.75 Å². The lowest BCUT2D eigenvalue weighted by atomic mass is 9.97. The zero-order valence-corrected chi connectivity index (χ0v) is 17.8.